The van der Waals surface area contributed by atoms with Crippen molar-refractivity contribution in [2.75, 3.05) is 11.5 Å². The van der Waals surface area contributed by atoms with Crippen molar-refractivity contribution in [1.82, 2.24) is 0 Å². The first-order chi connectivity index (χ1) is 4.86. The van der Waals surface area contributed by atoms with Crippen LogP contribution in [0.4, 0.5) is 0 Å². The van der Waals surface area contributed by atoms with E-state index in [-0.39, 0.29) is 0 Å². The topological polar surface area (TPSA) is 0 Å². The molecule has 0 saturated carbocycles. The molecule has 1 heterocycles. The maximum absolute atomic E-state index is 4.27. The third-order valence-corrected chi connectivity index (χ3v) is 6.35. The third-order valence-electron chi connectivity index (χ3n) is 1.55. The summed E-state index contributed by atoms with van der Waals surface area (Å²) in [6, 6.07) is 0. The molecule has 2 unspecified atom stereocenters. The van der Waals surface area contributed by atoms with E-state index in [2.05, 4.69) is 25.3 Å². The van der Waals surface area contributed by atoms with E-state index in [0.29, 0.717) is 0 Å². The summed E-state index contributed by atoms with van der Waals surface area (Å²) in [5.41, 5.74) is 0. The molecule has 0 aromatic carbocycles. The molecule has 1 aliphatic rings. The Hall–Kier alpha value is 1.40. The summed E-state index contributed by atoms with van der Waals surface area (Å²) in [6.45, 7) is 0. The molecule has 1 saturated heterocycles. The average molecular weight is 212 g/mol. The molecule has 1 fully saturated rings. The van der Waals surface area contributed by atoms with Crippen LogP contribution in [0.25, 0.3) is 0 Å². The first-order valence-electron chi connectivity index (χ1n) is 3.40. The summed E-state index contributed by atoms with van der Waals surface area (Å²) in [5, 5.41) is 1.56. The zero-order valence-corrected chi connectivity index (χ0v) is 9.12. The normalized spacial score (nSPS) is 34.2. The average Bonchev–Trinajstić information content (AvgIpc) is 2.05. The number of rotatable bonds is 2. The largest absolute Gasteiger partial charge is 0.178 e. The highest BCUT2D eigenvalue weighted by atomic mass is 33.1. The lowest BCUT2D eigenvalue weighted by Gasteiger charge is -2.24. The van der Waals surface area contributed by atoms with Gasteiger partial charge >= 0.3 is 0 Å². The van der Waals surface area contributed by atoms with Gasteiger partial charge in [0.2, 0.25) is 0 Å². The van der Waals surface area contributed by atoms with Crippen LogP contribution in [-0.4, -0.2) is 22.0 Å². The number of hydrogen-bond acceptors (Lipinski definition) is 4. The van der Waals surface area contributed by atoms with Gasteiger partial charge < -0.3 is 0 Å². The monoisotopic (exact) mass is 212 g/mol. The van der Waals surface area contributed by atoms with Crippen LogP contribution in [0, 0.1) is 0 Å². The highest BCUT2D eigenvalue weighted by Crippen LogP contribution is 2.41. The zero-order chi connectivity index (χ0) is 7.40. The van der Waals surface area contributed by atoms with Gasteiger partial charge in [0.05, 0.1) is 0 Å². The van der Waals surface area contributed by atoms with E-state index >= 15 is 0 Å². The molecule has 1 rings (SSSR count). The molecule has 0 aromatic rings. The summed E-state index contributed by atoms with van der Waals surface area (Å²) in [7, 11) is 3.97. The first-order valence-corrected chi connectivity index (χ1v) is 6.94. The Morgan fingerprint density at radius 3 is 1.60 bits per heavy atom. The Morgan fingerprint density at radius 2 is 1.40 bits per heavy atom. The number of thiol groups is 2. The van der Waals surface area contributed by atoms with Gasteiger partial charge in [0, 0.05) is 22.0 Å². The minimum absolute atomic E-state index is 0.782. The van der Waals surface area contributed by atoms with Gasteiger partial charge in [-0.25, -0.2) is 0 Å². The second-order valence-corrected chi connectivity index (χ2v) is 5.98. The lowest BCUT2D eigenvalue weighted by atomic mass is 10.2. The lowest BCUT2D eigenvalue weighted by molar-refractivity contribution is 0.732. The third kappa shape index (κ3) is 2.80. The Kier molecular flexibility index (Phi) is 4.86. The molecule has 10 heavy (non-hydrogen) atoms. The van der Waals surface area contributed by atoms with Crippen LogP contribution in [0.1, 0.15) is 12.8 Å². The highest BCUT2D eigenvalue weighted by Gasteiger charge is 2.19. The van der Waals surface area contributed by atoms with Crippen LogP contribution in [0.3, 0.4) is 0 Å². The Bertz CT molecular complexity index is 75.7. The summed E-state index contributed by atoms with van der Waals surface area (Å²) in [4.78, 5) is 0. The van der Waals surface area contributed by atoms with Gasteiger partial charge in [-0.1, -0.05) is 21.6 Å². The smallest absolute Gasteiger partial charge is 0.0240 e. The van der Waals surface area contributed by atoms with Crippen molar-refractivity contribution in [3.63, 3.8) is 0 Å². The second-order valence-electron chi connectivity index (χ2n) is 2.38. The van der Waals surface area contributed by atoms with Gasteiger partial charge in [-0.3, -0.25) is 0 Å². The maximum atomic E-state index is 4.27. The Labute approximate surface area is 81.5 Å². The fraction of sp³-hybridized carbons (Fsp3) is 1.00. The van der Waals surface area contributed by atoms with Crippen LogP contribution in [0.15, 0.2) is 0 Å². The van der Waals surface area contributed by atoms with Gasteiger partial charge in [0.1, 0.15) is 0 Å². The molecule has 0 radical (unpaired) electrons. The Balaban J connectivity index is 2.17. The van der Waals surface area contributed by atoms with Crippen molar-refractivity contribution >= 4 is 46.8 Å². The molecule has 0 bridgehead atoms. The minimum atomic E-state index is 0.782. The fourth-order valence-corrected chi connectivity index (χ4v) is 5.12. The molecular weight excluding hydrogens is 200 g/mol. The minimum Gasteiger partial charge on any atom is -0.178 e. The van der Waals surface area contributed by atoms with E-state index in [1.807, 2.05) is 21.6 Å². The van der Waals surface area contributed by atoms with Gasteiger partial charge in [-0.15, -0.1) is 0 Å². The van der Waals surface area contributed by atoms with Crippen LogP contribution < -0.4 is 0 Å². The summed E-state index contributed by atoms with van der Waals surface area (Å²) < 4.78 is 0. The molecule has 0 N–H and O–H groups in total. The molecule has 0 aromatic heterocycles. The second kappa shape index (κ2) is 5.12. The van der Waals surface area contributed by atoms with Crippen LogP contribution >= 0.6 is 46.8 Å². The molecule has 1 aliphatic heterocycles. The van der Waals surface area contributed by atoms with Gasteiger partial charge in [0.15, 0.2) is 0 Å². The highest BCUT2D eigenvalue weighted by molar-refractivity contribution is 8.77. The zero-order valence-electron chi connectivity index (χ0n) is 5.69. The van der Waals surface area contributed by atoms with Crippen molar-refractivity contribution in [2.24, 2.45) is 0 Å². The van der Waals surface area contributed by atoms with Crippen molar-refractivity contribution < 1.29 is 0 Å². The van der Waals surface area contributed by atoms with E-state index < -0.39 is 0 Å². The van der Waals surface area contributed by atoms with E-state index in [4.69, 9.17) is 0 Å². The molecule has 0 nitrogen and oxygen atoms in total. The Morgan fingerprint density at radius 1 is 1.00 bits per heavy atom. The van der Waals surface area contributed by atoms with Crippen LogP contribution in [0.5, 0.6) is 0 Å². The fourth-order valence-electron chi connectivity index (χ4n) is 0.869. The van der Waals surface area contributed by atoms with Gasteiger partial charge in [0.25, 0.3) is 0 Å². The maximum Gasteiger partial charge on any atom is 0.0240 e. The summed E-state index contributed by atoms with van der Waals surface area (Å²) in [6.07, 6.45) is 2.65. The summed E-state index contributed by atoms with van der Waals surface area (Å²) >= 11 is 8.54. The molecule has 0 amide bonds. The van der Waals surface area contributed by atoms with E-state index in [1.165, 1.54) is 12.8 Å². The van der Waals surface area contributed by atoms with Gasteiger partial charge in [-0.05, 0) is 12.8 Å². The van der Waals surface area contributed by atoms with Crippen LogP contribution in [-0.2, 0) is 0 Å². The van der Waals surface area contributed by atoms with Gasteiger partial charge in [-0.2, -0.15) is 25.3 Å². The van der Waals surface area contributed by atoms with E-state index in [1.54, 1.807) is 0 Å². The molecule has 2 atom stereocenters. The molecule has 0 spiro atoms. The molecule has 60 valence electrons. The van der Waals surface area contributed by atoms with E-state index in [0.717, 1.165) is 22.0 Å². The predicted octanol–water partition coefficient (Wildman–Crippen LogP) is 2.76. The number of hydrogen-bond donors (Lipinski definition) is 2. The molecular formula is C6H12S4. The van der Waals surface area contributed by atoms with Crippen LogP contribution in [0.2, 0.25) is 0 Å². The molecule has 0 aliphatic carbocycles. The van der Waals surface area contributed by atoms with E-state index in [9.17, 15) is 0 Å². The predicted molar refractivity (Wildman–Crippen MR) is 59.7 cm³/mol. The first kappa shape index (κ1) is 9.49. The standard InChI is InChI=1S/C6H12S4/c7-3-5-1-2-6(4-8)10-9-5/h5-8H,1-4H2. The lowest BCUT2D eigenvalue weighted by Crippen LogP contribution is -2.15. The SMILES string of the molecule is SCC1CCC(CS)SS1. The van der Waals surface area contributed by atoms with Crippen molar-refractivity contribution in [3.05, 3.63) is 0 Å². The summed E-state index contributed by atoms with van der Waals surface area (Å²) in [5.74, 6) is 2.05. The van der Waals surface area contributed by atoms with Crippen molar-refractivity contribution in [1.29, 1.82) is 0 Å². The molecule has 4 heteroatoms. The van der Waals surface area contributed by atoms with Crippen molar-refractivity contribution in [2.45, 2.75) is 23.3 Å². The quantitative estimate of drug-likeness (QED) is 0.534. The van der Waals surface area contributed by atoms with Crippen molar-refractivity contribution in [3.8, 4) is 0 Å².